The molecule has 0 spiro atoms. The summed E-state index contributed by atoms with van der Waals surface area (Å²) in [6.07, 6.45) is 0.518. The molecule has 5 heteroatoms. The van der Waals surface area contributed by atoms with Crippen LogP contribution in [0.3, 0.4) is 0 Å². The first-order valence-corrected chi connectivity index (χ1v) is 4.42. The molecule has 0 aromatic carbocycles. The van der Waals surface area contributed by atoms with Crippen molar-refractivity contribution in [1.29, 1.82) is 0 Å². The lowest BCUT2D eigenvalue weighted by molar-refractivity contribution is -0.150. The summed E-state index contributed by atoms with van der Waals surface area (Å²) < 4.78 is 9.39. The highest BCUT2D eigenvalue weighted by atomic mass is 16.5. The lowest BCUT2D eigenvalue weighted by atomic mass is 10.1. The number of aliphatic hydroxyl groups excluding tert-OH is 1. The van der Waals surface area contributed by atoms with Crippen molar-refractivity contribution in [1.82, 2.24) is 4.98 Å². The van der Waals surface area contributed by atoms with Gasteiger partial charge in [-0.25, -0.2) is 9.78 Å². The van der Waals surface area contributed by atoms with Crippen molar-refractivity contribution in [2.24, 2.45) is 0 Å². The van der Waals surface area contributed by atoms with E-state index in [9.17, 15) is 9.90 Å². The van der Waals surface area contributed by atoms with Crippen LogP contribution in [0.4, 0.5) is 0 Å². The van der Waals surface area contributed by atoms with E-state index in [1.807, 2.05) is 0 Å². The van der Waals surface area contributed by atoms with E-state index in [1.54, 1.807) is 18.3 Å². The summed E-state index contributed by atoms with van der Waals surface area (Å²) in [6, 6.07) is 3.44. The lowest BCUT2D eigenvalue weighted by Crippen LogP contribution is -2.24. The molecule has 0 aliphatic heterocycles. The Labute approximate surface area is 87.7 Å². The van der Waals surface area contributed by atoms with Crippen molar-refractivity contribution in [3.63, 3.8) is 0 Å². The van der Waals surface area contributed by atoms with Crippen molar-refractivity contribution in [3.8, 4) is 5.88 Å². The maximum absolute atomic E-state index is 11.0. The van der Waals surface area contributed by atoms with Crippen LogP contribution in [0.2, 0.25) is 0 Å². The van der Waals surface area contributed by atoms with Gasteiger partial charge >= 0.3 is 5.97 Å². The highest BCUT2D eigenvalue weighted by molar-refractivity contribution is 5.74. The number of ether oxygens (including phenoxy) is 2. The van der Waals surface area contributed by atoms with Crippen LogP contribution in [0.25, 0.3) is 0 Å². The molecule has 0 saturated carbocycles. The number of nitrogens with zero attached hydrogens (tertiary/aromatic N) is 1. The van der Waals surface area contributed by atoms with Gasteiger partial charge in [0.25, 0.3) is 0 Å². The minimum atomic E-state index is -1.19. The van der Waals surface area contributed by atoms with Gasteiger partial charge in [0.2, 0.25) is 5.88 Å². The molecule has 1 atom stereocenters. The van der Waals surface area contributed by atoms with Gasteiger partial charge < -0.3 is 14.6 Å². The van der Waals surface area contributed by atoms with E-state index in [-0.39, 0.29) is 6.42 Å². The molecule has 5 nitrogen and oxygen atoms in total. The van der Waals surface area contributed by atoms with Crippen LogP contribution in [-0.2, 0) is 16.0 Å². The summed E-state index contributed by atoms with van der Waals surface area (Å²) in [6.45, 7) is 0. The van der Waals surface area contributed by atoms with Crippen LogP contribution in [0.15, 0.2) is 18.3 Å². The summed E-state index contributed by atoms with van der Waals surface area (Å²) in [5.74, 6) is -0.263. The van der Waals surface area contributed by atoms with E-state index >= 15 is 0 Å². The molecule has 0 aliphatic rings. The van der Waals surface area contributed by atoms with Crippen molar-refractivity contribution >= 4 is 5.97 Å². The van der Waals surface area contributed by atoms with Gasteiger partial charge in [0, 0.05) is 18.2 Å². The fourth-order valence-electron chi connectivity index (χ4n) is 1.19. The predicted octanol–water partition coefficient (Wildman–Crippen LogP) is 0.167. The summed E-state index contributed by atoms with van der Waals surface area (Å²) in [5.41, 5.74) is 0.665. The van der Waals surface area contributed by atoms with E-state index in [2.05, 4.69) is 9.72 Å². The van der Waals surface area contributed by atoms with Gasteiger partial charge in [0.05, 0.1) is 14.2 Å². The molecule has 1 aromatic rings. The van der Waals surface area contributed by atoms with E-state index in [1.165, 1.54) is 14.2 Å². The van der Waals surface area contributed by atoms with Gasteiger partial charge in [0.15, 0.2) is 6.10 Å². The van der Waals surface area contributed by atoms with Crippen LogP contribution in [0, 0.1) is 0 Å². The molecular formula is C10H13NO4. The molecule has 82 valence electrons. The van der Waals surface area contributed by atoms with Gasteiger partial charge in [0.1, 0.15) is 0 Å². The summed E-state index contributed by atoms with van der Waals surface area (Å²) in [5, 5.41) is 9.43. The van der Waals surface area contributed by atoms with E-state index in [0.717, 1.165) is 0 Å². The Kier molecular flexibility index (Phi) is 4.05. The second-order valence-corrected chi connectivity index (χ2v) is 2.91. The molecule has 1 heterocycles. The normalized spacial score (nSPS) is 11.9. The first-order chi connectivity index (χ1) is 7.19. The maximum atomic E-state index is 11.0. The number of aliphatic hydroxyl groups is 1. The number of hydrogen-bond donors (Lipinski definition) is 1. The number of aromatic nitrogens is 1. The average Bonchev–Trinajstić information content (AvgIpc) is 2.28. The van der Waals surface area contributed by atoms with Crippen LogP contribution in [0.5, 0.6) is 5.88 Å². The molecule has 0 fully saturated rings. The zero-order valence-corrected chi connectivity index (χ0v) is 8.64. The number of pyridine rings is 1. The van der Waals surface area contributed by atoms with Crippen LogP contribution in [-0.4, -0.2) is 36.4 Å². The molecule has 15 heavy (non-hydrogen) atoms. The lowest BCUT2D eigenvalue weighted by Gasteiger charge is -2.10. The fourth-order valence-corrected chi connectivity index (χ4v) is 1.19. The standard InChI is InChI=1S/C10H13NO4/c1-14-9-7(4-3-5-11-9)6-8(12)10(13)15-2/h3-5,8,12H,6H2,1-2H3. The molecule has 1 rings (SSSR count). The SMILES string of the molecule is COC(=O)C(O)Cc1cccnc1OC. The van der Waals surface area contributed by atoms with Crippen molar-refractivity contribution in [3.05, 3.63) is 23.9 Å². The van der Waals surface area contributed by atoms with Gasteiger partial charge in [-0.2, -0.15) is 0 Å². The zero-order valence-electron chi connectivity index (χ0n) is 8.64. The van der Waals surface area contributed by atoms with E-state index in [4.69, 9.17) is 4.74 Å². The Balaban J connectivity index is 2.75. The number of carbonyl (C=O) groups excluding carboxylic acids is 1. The number of carbonyl (C=O) groups is 1. The molecule has 1 N–H and O–H groups in total. The number of rotatable bonds is 4. The van der Waals surface area contributed by atoms with Gasteiger partial charge in [-0.3, -0.25) is 0 Å². The molecule has 0 bridgehead atoms. The zero-order chi connectivity index (χ0) is 11.3. The highest BCUT2D eigenvalue weighted by Crippen LogP contribution is 2.15. The third kappa shape index (κ3) is 2.92. The van der Waals surface area contributed by atoms with Crippen LogP contribution < -0.4 is 4.74 Å². The maximum Gasteiger partial charge on any atom is 0.335 e. The quantitative estimate of drug-likeness (QED) is 0.719. The molecule has 0 aliphatic carbocycles. The van der Waals surface area contributed by atoms with Crippen molar-refractivity contribution in [2.75, 3.05) is 14.2 Å². The van der Waals surface area contributed by atoms with Crippen molar-refractivity contribution < 1.29 is 19.4 Å². The average molecular weight is 211 g/mol. The fraction of sp³-hybridized carbons (Fsp3) is 0.400. The summed E-state index contributed by atoms with van der Waals surface area (Å²) >= 11 is 0. The summed E-state index contributed by atoms with van der Waals surface area (Å²) in [7, 11) is 2.71. The Morgan fingerprint density at radius 3 is 2.93 bits per heavy atom. The third-order valence-corrected chi connectivity index (χ3v) is 1.93. The second-order valence-electron chi connectivity index (χ2n) is 2.91. The third-order valence-electron chi connectivity index (χ3n) is 1.93. The molecule has 0 saturated heterocycles. The number of hydrogen-bond acceptors (Lipinski definition) is 5. The van der Waals surface area contributed by atoms with E-state index in [0.29, 0.717) is 11.4 Å². The van der Waals surface area contributed by atoms with Crippen LogP contribution >= 0.6 is 0 Å². The first-order valence-electron chi connectivity index (χ1n) is 4.42. The highest BCUT2D eigenvalue weighted by Gasteiger charge is 2.18. The van der Waals surface area contributed by atoms with Crippen LogP contribution in [0.1, 0.15) is 5.56 Å². The Morgan fingerprint density at radius 2 is 2.33 bits per heavy atom. The second kappa shape index (κ2) is 5.31. The number of esters is 1. The van der Waals surface area contributed by atoms with Gasteiger partial charge in [-0.1, -0.05) is 6.07 Å². The Morgan fingerprint density at radius 1 is 1.60 bits per heavy atom. The molecule has 0 amide bonds. The molecular weight excluding hydrogens is 198 g/mol. The molecule has 0 radical (unpaired) electrons. The minimum Gasteiger partial charge on any atom is -0.481 e. The monoisotopic (exact) mass is 211 g/mol. The topological polar surface area (TPSA) is 68.7 Å². The molecule has 1 aromatic heterocycles. The largest absolute Gasteiger partial charge is 0.481 e. The van der Waals surface area contributed by atoms with E-state index < -0.39 is 12.1 Å². The first kappa shape index (κ1) is 11.5. The van der Waals surface area contributed by atoms with Gasteiger partial charge in [-0.15, -0.1) is 0 Å². The Hall–Kier alpha value is -1.62. The molecule has 1 unspecified atom stereocenters. The minimum absolute atomic E-state index is 0.129. The predicted molar refractivity (Wildman–Crippen MR) is 52.5 cm³/mol. The number of methoxy groups -OCH3 is 2. The Bertz CT molecular complexity index is 340. The van der Waals surface area contributed by atoms with Gasteiger partial charge in [-0.05, 0) is 6.07 Å². The smallest absolute Gasteiger partial charge is 0.335 e. The summed E-state index contributed by atoms with van der Waals surface area (Å²) in [4.78, 5) is 14.9. The van der Waals surface area contributed by atoms with Crippen molar-refractivity contribution in [2.45, 2.75) is 12.5 Å².